The zero-order chi connectivity index (χ0) is 22.8. The van der Waals surface area contributed by atoms with Crippen molar-refractivity contribution in [1.29, 1.82) is 0 Å². The number of aliphatic hydroxyl groups is 1. The molecule has 5 rings (SSSR count). The zero-order valence-corrected chi connectivity index (χ0v) is 20.6. The molecule has 6 unspecified atom stereocenters. The molecule has 0 aromatic heterocycles. The number of nitrogens with zero attached hydrogens (tertiary/aromatic N) is 2. The van der Waals surface area contributed by atoms with Gasteiger partial charge in [0.25, 0.3) is 0 Å². The second-order valence-electron chi connectivity index (χ2n) is 11.4. The fourth-order valence-corrected chi connectivity index (χ4v) is 7.52. The maximum Gasteiger partial charge on any atom is 0.144 e. The lowest BCUT2D eigenvalue weighted by atomic mass is 9.67. The van der Waals surface area contributed by atoms with Crippen molar-refractivity contribution in [3.05, 3.63) is 0 Å². The zero-order valence-electron chi connectivity index (χ0n) is 20.6. The van der Waals surface area contributed by atoms with E-state index in [0.717, 1.165) is 71.2 Å². The summed E-state index contributed by atoms with van der Waals surface area (Å²) in [6, 6.07) is 0. The van der Waals surface area contributed by atoms with E-state index in [-0.39, 0.29) is 30.0 Å². The number of quaternary nitrogens is 1. The van der Waals surface area contributed by atoms with Gasteiger partial charge in [-0.3, -0.25) is 9.69 Å². The van der Waals surface area contributed by atoms with Gasteiger partial charge in [0.2, 0.25) is 0 Å². The highest BCUT2D eigenvalue weighted by atomic mass is 16.5. The first kappa shape index (κ1) is 24.1. The second-order valence-corrected chi connectivity index (χ2v) is 11.4. The summed E-state index contributed by atoms with van der Waals surface area (Å²) < 4.78 is 12.0. The van der Waals surface area contributed by atoms with Gasteiger partial charge >= 0.3 is 0 Å². The topological polar surface area (TPSA) is 78.8 Å². The van der Waals surface area contributed by atoms with Crippen LogP contribution < -0.4 is 5.32 Å². The lowest BCUT2D eigenvalue weighted by Crippen LogP contribution is -2.95. The largest absolute Gasteiger partial charge is 0.393 e. The summed E-state index contributed by atoms with van der Waals surface area (Å²) >= 11 is 0. The van der Waals surface area contributed by atoms with Crippen molar-refractivity contribution in [3.63, 3.8) is 0 Å². The molecule has 33 heavy (non-hydrogen) atoms. The van der Waals surface area contributed by atoms with Gasteiger partial charge in [-0.05, 0) is 57.3 Å². The number of methoxy groups -OCH3 is 1. The number of fused-ring (bicyclic) bond motifs is 1. The number of hydrogen-bond donors (Lipinski definition) is 2. The third-order valence-electron chi connectivity index (χ3n) is 9.64. The molecule has 0 aromatic carbocycles. The van der Waals surface area contributed by atoms with E-state index in [9.17, 15) is 9.90 Å². The quantitative estimate of drug-likeness (QED) is 0.628. The van der Waals surface area contributed by atoms with E-state index in [4.69, 9.17) is 9.47 Å². The average Bonchev–Trinajstić information content (AvgIpc) is 2.87. The summed E-state index contributed by atoms with van der Waals surface area (Å²) in [6.07, 6.45) is 10.4. The number of ether oxygens (including phenoxy) is 2. The van der Waals surface area contributed by atoms with Crippen LogP contribution in [0, 0.1) is 23.7 Å². The molecule has 0 amide bonds. The van der Waals surface area contributed by atoms with Crippen molar-refractivity contribution < 1.29 is 24.7 Å². The predicted molar refractivity (Wildman–Crippen MR) is 126 cm³/mol. The normalized spacial score (nSPS) is 43.9. The van der Waals surface area contributed by atoms with E-state index in [2.05, 4.69) is 15.1 Å². The van der Waals surface area contributed by atoms with E-state index in [0.29, 0.717) is 30.6 Å². The van der Waals surface area contributed by atoms with Crippen LogP contribution in [-0.4, -0.2) is 98.2 Å². The number of aliphatic hydroxyl groups excluding tert-OH is 1. The molecule has 0 radical (unpaired) electrons. The fraction of sp³-hybridized carbons (Fsp3) is 0.962. The molecule has 2 aliphatic carbocycles. The fourth-order valence-electron chi connectivity index (χ4n) is 7.52. The van der Waals surface area contributed by atoms with Crippen molar-refractivity contribution in [1.82, 2.24) is 9.80 Å². The van der Waals surface area contributed by atoms with Gasteiger partial charge in [-0.1, -0.05) is 0 Å². The van der Waals surface area contributed by atoms with E-state index in [1.807, 2.05) is 0 Å². The second kappa shape index (κ2) is 11.0. The number of ketones is 1. The van der Waals surface area contributed by atoms with Crippen molar-refractivity contribution in [2.75, 3.05) is 53.0 Å². The Morgan fingerprint density at radius 2 is 1.79 bits per heavy atom. The highest BCUT2D eigenvalue weighted by molar-refractivity contribution is 5.85. The van der Waals surface area contributed by atoms with E-state index >= 15 is 0 Å². The Kier molecular flexibility index (Phi) is 8.05. The molecule has 7 heteroatoms. The third kappa shape index (κ3) is 5.34. The Balaban J connectivity index is 1.15. The Morgan fingerprint density at radius 3 is 2.48 bits per heavy atom. The summed E-state index contributed by atoms with van der Waals surface area (Å²) in [5.74, 6) is 0.970. The molecule has 3 saturated heterocycles. The van der Waals surface area contributed by atoms with Crippen LogP contribution in [0.15, 0.2) is 0 Å². The SMILES string of the molecule is COC1CCC(C2COC3C(CCC(O)C3CN3CCN(C4CCCC[NH2+]4)CC3)C2=O)CC1. The minimum atomic E-state index is -0.350. The summed E-state index contributed by atoms with van der Waals surface area (Å²) in [4.78, 5) is 18.7. The Labute approximate surface area is 199 Å². The summed E-state index contributed by atoms with van der Waals surface area (Å²) in [5, 5.41) is 13.4. The number of carbonyl (C=O) groups excluding carboxylic acids is 1. The first-order chi connectivity index (χ1) is 16.1. The summed E-state index contributed by atoms with van der Waals surface area (Å²) in [7, 11) is 1.80. The molecular formula is C26H46N3O4+. The van der Waals surface area contributed by atoms with Crippen LogP contribution in [0.4, 0.5) is 0 Å². The molecule has 5 fully saturated rings. The maximum atomic E-state index is 13.6. The van der Waals surface area contributed by atoms with E-state index < -0.39 is 0 Å². The van der Waals surface area contributed by atoms with Gasteiger partial charge in [0.1, 0.15) is 11.9 Å². The Hall–Kier alpha value is -0.570. The molecule has 6 atom stereocenters. The van der Waals surface area contributed by atoms with Gasteiger partial charge < -0.3 is 24.8 Å². The standard InChI is InChI=1S/C26H45N3O4/c1-32-19-7-5-18(6-8-19)22-17-33-26-20(25(22)31)9-10-23(30)21(26)16-28-12-14-29(15-13-28)24-4-2-3-11-27-24/h18-24,26-27,30H,2-17H2,1H3/p+1. The Morgan fingerprint density at radius 1 is 1.00 bits per heavy atom. The van der Waals surface area contributed by atoms with Crippen LogP contribution in [-0.2, 0) is 14.3 Å². The molecule has 3 heterocycles. The molecular weight excluding hydrogens is 418 g/mol. The van der Waals surface area contributed by atoms with Crippen LogP contribution >= 0.6 is 0 Å². The highest BCUT2D eigenvalue weighted by Gasteiger charge is 2.50. The lowest BCUT2D eigenvalue weighted by molar-refractivity contribution is -0.717. The smallest absolute Gasteiger partial charge is 0.144 e. The average molecular weight is 465 g/mol. The van der Waals surface area contributed by atoms with Crippen LogP contribution in [0.5, 0.6) is 0 Å². The molecule has 3 aliphatic heterocycles. The third-order valence-corrected chi connectivity index (χ3v) is 9.64. The number of piperidine rings is 1. The van der Waals surface area contributed by atoms with Gasteiger partial charge in [0, 0.05) is 64.0 Å². The number of nitrogens with two attached hydrogens (primary N) is 1. The molecule has 5 aliphatic rings. The molecule has 0 spiro atoms. The van der Waals surface area contributed by atoms with Gasteiger partial charge in [-0.2, -0.15) is 0 Å². The van der Waals surface area contributed by atoms with Crippen LogP contribution in [0.2, 0.25) is 0 Å². The number of hydrogen-bond acceptors (Lipinski definition) is 6. The van der Waals surface area contributed by atoms with Crippen molar-refractivity contribution in [2.45, 2.75) is 82.3 Å². The van der Waals surface area contributed by atoms with E-state index in [1.54, 1.807) is 7.11 Å². The van der Waals surface area contributed by atoms with Gasteiger partial charge in [-0.15, -0.1) is 0 Å². The molecule has 188 valence electrons. The number of rotatable bonds is 5. The molecule has 2 saturated carbocycles. The van der Waals surface area contributed by atoms with Gasteiger partial charge in [-0.25, -0.2) is 0 Å². The summed E-state index contributed by atoms with van der Waals surface area (Å²) in [5.41, 5.74) is 0. The highest BCUT2D eigenvalue weighted by Crippen LogP contribution is 2.42. The van der Waals surface area contributed by atoms with Crippen LogP contribution in [0.1, 0.15) is 57.8 Å². The van der Waals surface area contributed by atoms with E-state index in [1.165, 1.54) is 25.8 Å². The van der Waals surface area contributed by atoms with Crippen molar-refractivity contribution in [2.24, 2.45) is 23.7 Å². The number of carbonyl (C=O) groups is 1. The first-order valence-corrected chi connectivity index (χ1v) is 13.8. The number of piperazine rings is 1. The van der Waals surface area contributed by atoms with Crippen molar-refractivity contribution in [3.8, 4) is 0 Å². The monoisotopic (exact) mass is 464 g/mol. The van der Waals surface area contributed by atoms with Crippen LogP contribution in [0.3, 0.4) is 0 Å². The molecule has 0 bridgehead atoms. The molecule has 7 nitrogen and oxygen atoms in total. The molecule has 0 aromatic rings. The maximum absolute atomic E-state index is 13.6. The lowest BCUT2D eigenvalue weighted by Gasteiger charge is -2.48. The predicted octanol–water partition coefficient (Wildman–Crippen LogP) is 0.854. The minimum absolute atomic E-state index is 0.0181. The number of Topliss-reactive ketones (excluding diaryl/α,β-unsaturated/α-hetero) is 1. The van der Waals surface area contributed by atoms with Crippen molar-refractivity contribution >= 4 is 5.78 Å². The first-order valence-electron chi connectivity index (χ1n) is 13.8. The summed E-state index contributed by atoms with van der Waals surface area (Å²) in [6.45, 7) is 7.03. The van der Waals surface area contributed by atoms with Gasteiger partial charge in [0.15, 0.2) is 0 Å². The van der Waals surface area contributed by atoms with Gasteiger partial charge in [0.05, 0.1) is 31.5 Å². The molecule has 3 N–H and O–H groups in total. The Bertz CT molecular complexity index is 641. The minimum Gasteiger partial charge on any atom is -0.393 e. The van der Waals surface area contributed by atoms with Crippen LogP contribution in [0.25, 0.3) is 0 Å².